The van der Waals surface area contributed by atoms with E-state index >= 15 is 0 Å². The molecule has 0 aliphatic carbocycles. The highest BCUT2D eigenvalue weighted by molar-refractivity contribution is 7.82. The smallest absolute Gasteiger partial charge is 0.0940 e. The first-order valence-electron chi connectivity index (χ1n) is 4.13. The molecule has 1 aliphatic rings. The van der Waals surface area contributed by atoms with Crippen molar-refractivity contribution in [2.75, 3.05) is 18.8 Å². The predicted octanol–water partition coefficient (Wildman–Crippen LogP) is 0.0931. The Bertz CT molecular complexity index is 151. The maximum Gasteiger partial charge on any atom is 0.0940 e. The second-order valence-electron chi connectivity index (χ2n) is 2.90. The number of piperidine rings is 1. The topological polar surface area (TPSA) is 46.3 Å². The molecule has 0 aromatic carbocycles. The van der Waals surface area contributed by atoms with E-state index in [1.54, 1.807) is 0 Å². The first-order valence-corrected chi connectivity index (χ1v) is 5.40. The van der Waals surface area contributed by atoms with Crippen LogP contribution < -0.4 is 5.73 Å². The number of nitrogens with two attached hydrogens (primary N) is 1. The van der Waals surface area contributed by atoms with Gasteiger partial charge in [-0.1, -0.05) is 6.92 Å². The molecule has 0 saturated carbocycles. The van der Waals surface area contributed by atoms with Crippen molar-refractivity contribution in [3.8, 4) is 0 Å². The van der Waals surface area contributed by atoms with Crippen molar-refractivity contribution in [1.82, 2.24) is 4.31 Å². The van der Waals surface area contributed by atoms with Crippen LogP contribution in [0.25, 0.3) is 0 Å². The molecular weight excluding hydrogens is 160 g/mol. The second-order valence-corrected chi connectivity index (χ2v) is 4.64. The highest BCUT2D eigenvalue weighted by Crippen LogP contribution is 2.09. The Kier molecular flexibility index (Phi) is 3.48. The Hall–Kier alpha value is 0.0700. The second kappa shape index (κ2) is 4.18. The van der Waals surface area contributed by atoms with Crippen LogP contribution in [0.4, 0.5) is 0 Å². The SMILES string of the molecule is CCS(=O)N1CCC[C@@H](N)C1. The van der Waals surface area contributed by atoms with Gasteiger partial charge < -0.3 is 5.73 Å². The van der Waals surface area contributed by atoms with E-state index in [0.717, 1.165) is 25.9 Å². The normalized spacial score (nSPS) is 30.2. The van der Waals surface area contributed by atoms with Crippen molar-refractivity contribution in [2.45, 2.75) is 25.8 Å². The quantitative estimate of drug-likeness (QED) is 0.648. The van der Waals surface area contributed by atoms with Crippen molar-refractivity contribution in [3.63, 3.8) is 0 Å². The minimum Gasteiger partial charge on any atom is -0.327 e. The van der Waals surface area contributed by atoms with E-state index in [4.69, 9.17) is 5.73 Å². The zero-order valence-electron chi connectivity index (χ0n) is 6.95. The number of hydrogen-bond donors (Lipinski definition) is 1. The molecule has 11 heavy (non-hydrogen) atoms. The zero-order chi connectivity index (χ0) is 8.27. The van der Waals surface area contributed by atoms with Gasteiger partial charge in [0.05, 0.1) is 11.0 Å². The van der Waals surface area contributed by atoms with E-state index < -0.39 is 11.0 Å². The van der Waals surface area contributed by atoms with Gasteiger partial charge in [-0.05, 0) is 12.8 Å². The van der Waals surface area contributed by atoms with Crippen LogP contribution in [0.5, 0.6) is 0 Å². The number of rotatable bonds is 2. The Morgan fingerprint density at radius 2 is 2.45 bits per heavy atom. The summed E-state index contributed by atoms with van der Waals surface area (Å²) in [5.41, 5.74) is 5.74. The molecule has 2 atom stereocenters. The monoisotopic (exact) mass is 176 g/mol. The van der Waals surface area contributed by atoms with Crippen LogP contribution in [-0.4, -0.2) is 33.4 Å². The maximum atomic E-state index is 11.3. The van der Waals surface area contributed by atoms with Crippen LogP contribution in [0.3, 0.4) is 0 Å². The molecule has 1 rings (SSSR count). The van der Waals surface area contributed by atoms with Crippen molar-refractivity contribution in [3.05, 3.63) is 0 Å². The molecule has 1 unspecified atom stereocenters. The molecule has 1 aliphatic heterocycles. The summed E-state index contributed by atoms with van der Waals surface area (Å²) >= 11 is 0. The van der Waals surface area contributed by atoms with Crippen LogP contribution in [-0.2, 0) is 11.0 Å². The molecule has 0 radical (unpaired) electrons. The van der Waals surface area contributed by atoms with Crippen LogP contribution in [0.1, 0.15) is 19.8 Å². The predicted molar refractivity (Wildman–Crippen MR) is 47.5 cm³/mol. The molecule has 1 heterocycles. The Morgan fingerprint density at radius 1 is 1.73 bits per heavy atom. The lowest BCUT2D eigenvalue weighted by Crippen LogP contribution is -2.43. The van der Waals surface area contributed by atoms with Crippen molar-refractivity contribution in [2.24, 2.45) is 5.73 Å². The third kappa shape index (κ3) is 2.54. The van der Waals surface area contributed by atoms with Gasteiger partial charge in [0, 0.05) is 24.9 Å². The third-order valence-electron chi connectivity index (χ3n) is 1.96. The van der Waals surface area contributed by atoms with Gasteiger partial charge in [-0.25, -0.2) is 8.51 Å². The summed E-state index contributed by atoms with van der Waals surface area (Å²) in [4.78, 5) is 0. The molecule has 0 spiro atoms. The number of nitrogens with zero attached hydrogens (tertiary/aromatic N) is 1. The summed E-state index contributed by atoms with van der Waals surface area (Å²) < 4.78 is 13.3. The molecule has 4 heteroatoms. The molecule has 0 aromatic rings. The molecule has 3 nitrogen and oxygen atoms in total. The average molecular weight is 176 g/mol. The van der Waals surface area contributed by atoms with E-state index in [-0.39, 0.29) is 6.04 Å². The minimum atomic E-state index is -0.781. The molecule has 1 saturated heterocycles. The van der Waals surface area contributed by atoms with Gasteiger partial charge in [0.1, 0.15) is 0 Å². The fourth-order valence-corrected chi connectivity index (χ4v) is 2.40. The summed E-state index contributed by atoms with van der Waals surface area (Å²) in [6, 6.07) is 0.235. The fourth-order valence-electron chi connectivity index (χ4n) is 1.34. The van der Waals surface area contributed by atoms with Crippen LogP contribution in [0, 0.1) is 0 Å². The average Bonchev–Trinajstić information content (AvgIpc) is 2.03. The zero-order valence-corrected chi connectivity index (χ0v) is 7.77. The Morgan fingerprint density at radius 3 is 3.00 bits per heavy atom. The van der Waals surface area contributed by atoms with Gasteiger partial charge >= 0.3 is 0 Å². The Labute approximate surface area is 70.5 Å². The molecule has 2 N–H and O–H groups in total. The van der Waals surface area contributed by atoms with Gasteiger partial charge in [0.2, 0.25) is 0 Å². The molecule has 0 bridgehead atoms. The first-order chi connectivity index (χ1) is 5.24. The number of hydrogen-bond acceptors (Lipinski definition) is 2. The molecule has 1 fully saturated rings. The summed E-state index contributed by atoms with van der Waals surface area (Å²) in [5, 5.41) is 0. The summed E-state index contributed by atoms with van der Waals surface area (Å²) in [6.07, 6.45) is 2.17. The largest absolute Gasteiger partial charge is 0.327 e. The van der Waals surface area contributed by atoms with Gasteiger partial charge in [-0.2, -0.15) is 0 Å². The van der Waals surface area contributed by atoms with Gasteiger partial charge in [0.15, 0.2) is 0 Å². The molecule has 0 amide bonds. The summed E-state index contributed by atoms with van der Waals surface area (Å²) in [5.74, 6) is 0.715. The first kappa shape index (κ1) is 9.16. The van der Waals surface area contributed by atoms with Crippen LogP contribution in [0.15, 0.2) is 0 Å². The highest BCUT2D eigenvalue weighted by atomic mass is 32.2. The van der Waals surface area contributed by atoms with E-state index in [1.165, 1.54) is 0 Å². The van der Waals surface area contributed by atoms with Crippen LogP contribution >= 0.6 is 0 Å². The maximum absolute atomic E-state index is 11.3. The lowest BCUT2D eigenvalue weighted by Gasteiger charge is -2.28. The molecule has 66 valence electrons. The molecule has 0 aromatic heterocycles. The Balaban J connectivity index is 2.39. The van der Waals surface area contributed by atoms with Crippen LogP contribution in [0.2, 0.25) is 0 Å². The van der Waals surface area contributed by atoms with Gasteiger partial charge in [-0.15, -0.1) is 0 Å². The fraction of sp³-hybridized carbons (Fsp3) is 1.00. The lowest BCUT2D eigenvalue weighted by molar-refractivity contribution is 0.331. The molecular formula is C7H16N2OS. The van der Waals surface area contributed by atoms with E-state index in [9.17, 15) is 4.21 Å². The third-order valence-corrected chi connectivity index (χ3v) is 3.36. The van der Waals surface area contributed by atoms with E-state index in [2.05, 4.69) is 0 Å². The summed E-state index contributed by atoms with van der Waals surface area (Å²) in [6.45, 7) is 3.70. The summed E-state index contributed by atoms with van der Waals surface area (Å²) in [7, 11) is -0.781. The van der Waals surface area contributed by atoms with E-state index in [0.29, 0.717) is 5.75 Å². The standard InChI is InChI=1S/C7H16N2OS/c1-2-11(10)9-5-3-4-7(8)6-9/h7H,2-6,8H2,1H3/t7-,11?/m1/s1. The van der Waals surface area contributed by atoms with Crippen molar-refractivity contribution < 1.29 is 4.21 Å². The highest BCUT2D eigenvalue weighted by Gasteiger charge is 2.19. The van der Waals surface area contributed by atoms with E-state index in [1.807, 2.05) is 11.2 Å². The van der Waals surface area contributed by atoms with Gasteiger partial charge in [0.25, 0.3) is 0 Å². The van der Waals surface area contributed by atoms with Gasteiger partial charge in [-0.3, -0.25) is 0 Å². The van der Waals surface area contributed by atoms with Crippen molar-refractivity contribution >= 4 is 11.0 Å². The lowest BCUT2D eigenvalue weighted by atomic mass is 10.1. The van der Waals surface area contributed by atoms with Crippen molar-refractivity contribution in [1.29, 1.82) is 0 Å². The minimum absolute atomic E-state index is 0.235.